The summed E-state index contributed by atoms with van der Waals surface area (Å²) in [5.41, 5.74) is 2.39. The van der Waals surface area contributed by atoms with Crippen molar-refractivity contribution >= 4 is 28.4 Å². The Morgan fingerprint density at radius 1 is 1.04 bits per heavy atom. The summed E-state index contributed by atoms with van der Waals surface area (Å²) in [7, 11) is 1.79. The minimum atomic E-state index is -0.899. The van der Waals surface area contributed by atoms with Gasteiger partial charge in [-0.3, -0.25) is 0 Å². The highest BCUT2D eigenvalue weighted by Crippen LogP contribution is 2.26. The van der Waals surface area contributed by atoms with Crippen molar-refractivity contribution in [2.24, 2.45) is 7.05 Å². The van der Waals surface area contributed by atoms with Gasteiger partial charge in [0.2, 0.25) is 0 Å². The van der Waals surface area contributed by atoms with E-state index in [2.05, 4.69) is 26.9 Å². The molecule has 0 amide bonds. The third-order valence-corrected chi connectivity index (χ3v) is 4.86. The lowest BCUT2D eigenvalue weighted by Gasteiger charge is -2.36. The van der Waals surface area contributed by atoms with Crippen molar-refractivity contribution in [2.45, 2.75) is 0 Å². The maximum atomic E-state index is 11.3. The van der Waals surface area contributed by atoms with Gasteiger partial charge < -0.3 is 19.5 Å². The normalized spacial score (nSPS) is 14.9. The number of anilines is 2. The zero-order chi connectivity index (χ0) is 17.4. The molecule has 1 fully saturated rings. The topological polar surface area (TPSA) is 61.6 Å². The number of nitrogens with zero attached hydrogens (tertiary/aromatic N) is 4. The molecule has 1 N–H and O–H groups in total. The van der Waals surface area contributed by atoms with E-state index in [1.807, 2.05) is 30.5 Å². The van der Waals surface area contributed by atoms with Crippen LogP contribution in [-0.2, 0) is 7.05 Å². The van der Waals surface area contributed by atoms with E-state index in [1.54, 1.807) is 17.7 Å². The fourth-order valence-corrected chi connectivity index (χ4v) is 3.47. The molecular weight excluding hydrogens is 316 g/mol. The molecule has 0 radical (unpaired) electrons. The average molecular weight is 336 g/mol. The number of aromatic carboxylic acids is 1. The van der Waals surface area contributed by atoms with Crippen molar-refractivity contribution in [3.05, 3.63) is 54.4 Å². The Morgan fingerprint density at radius 3 is 2.48 bits per heavy atom. The molecule has 0 unspecified atom stereocenters. The minimum Gasteiger partial charge on any atom is -0.477 e. The Balaban J connectivity index is 1.54. The second kappa shape index (κ2) is 6.12. The summed E-state index contributed by atoms with van der Waals surface area (Å²) in [6, 6.07) is 13.9. The Hall–Kier alpha value is -3.02. The van der Waals surface area contributed by atoms with Crippen molar-refractivity contribution in [3.8, 4) is 0 Å². The molecule has 3 heterocycles. The van der Waals surface area contributed by atoms with Gasteiger partial charge in [0.15, 0.2) is 0 Å². The number of rotatable bonds is 3. The Kier molecular flexibility index (Phi) is 3.80. The summed E-state index contributed by atoms with van der Waals surface area (Å²) < 4.78 is 1.72. The lowest BCUT2D eigenvalue weighted by molar-refractivity contribution is 0.0687. The zero-order valence-corrected chi connectivity index (χ0v) is 14.1. The van der Waals surface area contributed by atoms with E-state index in [0.717, 1.165) is 48.6 Å². The van der Waals surface area contributed by atoms with Gasteiger partial charge in [-0.05, 0) is 36.4 Å². The van der Waals surface area contributed by atoms with Gasteiger partial charge in [-0.15, -0.1) is 0 Å². The van der Waals surface area contributed by atoms with E-state index < -0.39 is 5.97 Å². The summed E-state index contributed by atoms with van der Waals surface area (Å²) >= 11 is 0. The Bertz CT molecular complexity index is 912. The van der Waals surface area contributed by atoms with Gasteiger partial charge in [0.25, 0.3) is 0 Å². The fraction of sp³-hybridized carbons (Fsp3) is 0.263. The Labute approximate surface area is 145 Å². The molecule has 128 valence electrons. The lowest BCUT2D eigenvalue weighted by Crippen LogP contribution is -2.46. The predicted octanol–water partition coefficient (Wildman–Crippen LogP) is 2.60. The molecule has 0 aliphatic carbocycles. The fourth-order valence-electron chi connectivity index (χ4n) is 3.47. The molecule has 6 heteroatoms. The van der Waals surface area contributed by atoms with E-state index in [1.165, 1.54) is 0 Å². The number of carboxylic acid groups (broad SMARTS) is 1. The summed E-state index contributed by atoms with van der Waals surface area (Å²) in [5.74, 6) is 0.121. The first kappa shape index (κ1) is 15.5. The van der Waals surface area contributed by atoms with Crippen molar-refractivity contribution in [2.75, 3.05) is 36.0 Å². The first-order valence-electron chi connectivity index (χ1n) is 8.37. The predicted molar refractivity (Wildman–Crippen MR) is 98.5 cm³/mol. The monoisotopic (exact) mass is 336 g/mol. The van der Waals surface area contributed by atoms with Gasteiger partial charge in [0.1, 0.15) is 11.5 Å². The quantitative estimate of drug-likeness (QED) is 0.797. The van der Waals surface area contributed by atoms with Gasteiger partial charge in [0.05, 0.1) is 0 Å². The number of piperazine rings is 1. The maximum Gasteiger partial charge on any atom is 0.352 e. The van der Waals surface area contributed by atoms with E-state index in [-0.39, 0.29) is 0 Å². The van der Waals surface area contributed by atoms with Gasteiger partial charge in [0, 0.05) is 56.0 Å². The second-order valence-corrected chi connectivity index (χ2v) is 6.30. The zero-order valence-electron chi connectivity index (χ0n) is 14.1. The largest absolute Gasteiger partial charge is 0.477 e. The molecule has 2 aromatic heterocycles. The molecule has 0 bridgehead atoms. The number of benzene rings is 1. The third kappa shape index (κ3) is 2.80. The molecule has 1 aliphatic heterocycles. The number of carboxylic acids is 1. The van der Waals surface area contributed by atoms with Crippen LogP contribution in [0, 0.1) is 0 Å². The van der Waals surface area contributed by atoms with E-state index in [9.17, 15) is 9.90 Å². The average Bonchev–Trinajstić information content (AvgIpc) is 2.99. The molecule has 0 atom stereocenters. The minimum absolute atomic E-state index is 0.312. The van der Waals surface area contributed by atoms with Gasteiger partial charge in [-0.25, -0.2) is 9.78 Å². The molecule has 0 spiro atoms. The van der Waals surface area contributed by atoms with Crippen molar-refractivity contribution < 1.29 is 9.90 Å². The number of carbonyl (C=O) groups is 1. The molecule has 1 saturated heterocycles. The molecule has 4 rings (SSSR count). The van der Waals surface area contributed by atoms with Crippen LogP contribution in [0.5, 0.6) is 0 Å². The third-order valence-electron chi connectivity index (χ3n) is 4.86. The number of hydrogen-bond acceptors (Lipinski definition) is 4. The molecular formula is C19H20N4O2. The summed E-state index contributed by atoms with van der Waals surface area (Å²) in [5, 5.41) is 10.2. The van der Waals surface area contributed by atoms with Crippen LogP contribution in [-0.4, -0.2) is 46.8 Å². The van der Waals surface area contributed by atoms with Crippen LogP contribution in [0.25, 0.3) is 10.9 Å². The molecule has 0 saturated carbocycles. The maximum absolute atomic E-state index is 11.3. The molecule has 3 aromatic rings. The second-order valence-electron chi connectivity index (χ2n) is 6.30. The van der Waals surface area contributed by atoms with E-state index in [0.29, 0.717) is 5.69 Å². The first-order chi connectivity index (χ1) is 12.1. The smallest absolute Gasteiger partial charge is 0.352 e. The Morgan fingerprint density at radius 2 is 1.80 bits per heavy atom. The van der Waals surface area contributed by atoms with Crippen LogP contribution in [0.3, 0.4) is 0 Å². The summed E-state index contributed by atoms with van der Waals surface area (Å²) in [6.07, 6.45) is 1.82. The summed E-state index contributed by atoms with van der Waals surface area (Å²) in [4.78, 5) is 20.4. The number of fused-ring (bicyclic) bond motifs is 1. The highest BCUT2D eigenvalue weighted by molar-refractivity contribution is 5.95. The molecule has 6 nitrogen and oxygen atoms in total. The molecule has 1 aliphatic rings. The standard InChI is InChI=1S/C19H20N4O2/c1-21-16-6-5-15(12-14(16)13-17(21)19(24)25)22-8-10-23(11-9-22)18-4-2-3-7-20-18/h2-7,12-13H,8-11H2,1H3,(H,24,25). The van der Waals surface area contributed by atoms with Crippen LogP contribution in [0.15, 0.2) is 48.7 Å². The van der Waals surface area contributed by atoms with Crippen LogP contribution >= 0.6 is 0 Å². The van der Waals surface area contributed by atoms with Crippen LogP contribution in [0.2, 0.25) is 0 Å². The lowest BCUT2D eigenvalue weighted by atomic mass is 10.2. The van der Waals surface area contributed by atoms with Crippen molar-refractivity contribution in [1.29, 1.82) is 0 Å². The van der Waals surface area contributed by atoms with E-state index >= 15 is 0 Å². The van der Waals surface area contributed by atoms with E-state index in [4.69, 9.17) is 0 Å². The molecule has 25 heavy (non-hydrogen) atoms. The number of hydrogen-bond donors (Lipinski definition) is 1. The van der Waals surface area contributed by atoms with Gasteiger partial charge in [-0.1, -0.05) is 6.07 Å². The number of pyridine rings is 1. The van der Waals surface area contributed by atoms with Gasteiger partial charge in [-0.2, -0.15) is 0 Å². The van der Waals surface area contributed by atoms with Crippen molar-refractivity contribution in [1.82, 2.24) is 9.55 Å². The number of aryl methyl sites for hydroxylation is 1. The van der Waals surface area contributed by atoms with Crippen molar-refractivity contribution in [3.63, 3.8) is 0 Å². The number of aromatic nitrogens is 2. The van der Waals surface area contributed by atoms with Crippen LogP contribution in [0.1, 0.15) is 10.5 Å². The highest BCUT2D eigenvalue weighted by Gasteiger charge is 2.19. The molecule has 1 aromatic carbocycles. The summed E-state index contributed by atoms with van der Waals surface area (Å²) in [6.45, 7) is 3.68. The van der Waals surface area contributed by atoms with Crippen LogP contribution < -0.4 is 9.80 Å². The SMILES string of the molecule is Cn1c(C(=O)O)cc2cc(N3CCN(c4ccccn4)CC3)ccc21. The van der Waals surface area contributed by atoms with Crippen LogP contribution in [0.4, 0.5) is 11.5 Å². The highest BCUT2D eigenvalue weighted by atomic mass is 16.4. The van der Waals surface area contributed by atoms with Gasteiger partial charge >= 0.3 is 5.97 Å². The first-order valence-corrected chi connectivity index (χ1v) is 8.37.